The fourth-order valence-electron chi connectivity index (χ4n) is 1.92. The minimum absolute atomic E-state index is 0.0307. The second-order valence-electron chi connectivity index (χ2n) is 5.87. The molecular formula is C15H20N2O3S. The third kappa shape index (κ3) is 3.86. The van der Waals surface area contributed by atoms with Gasteiger partial charge in [-0.2, -0.15) is 0 Å². The van der Waals surface area contributed by atoms with Crippen molar-refractivity contribution in [1.29, 1.82) is 0 Å². The van der Waals surface area contributed by atoms with Crippen LogP contribution >= 0.6 is 11.3 Å². The molecule has 0 saturated heterocycles. The highest BCUT2D eigenvalue weighted by atomic mass is 32.1. The number of furan rings is 1. The molecule has 114 valence electrons. The first-order valence-electron chi connectivity index (χ1n) is 6.68. The molecule has 3 N–H and O–H groups in total. The van der Waals surface area contributed by atoms with Crippen molar-refractivity contribution in [1.82, 2.24) is 10.6 Å². The Kier molecular flexibility index (Phi) is 4.39. The van der Waals surface area contributed by atoms with E-state index in [1.807, 2.05) is 38.3 Å². The Morgan fingerprint density at radius 2 is 2.10 bits per heavy atom. The lowest BCUT2D eigenvalue weighted by Crippen LogP contribution is -2.50. The molecule has 2 rings (SSSR count). The van der Waals surface area contributed by atoms with E-state index in [1.54, 1.807) is 12.1 Å². The zero-order valence-electron chi connectivity index (χ0n) is 12.3. The van der Waals surface area contributed by atoms with Crippen LogP contribution in [0.2, 0.25) is 0 Å². The van der Waals surface area contributed by atoms with Gasteiger partial charge in [0.05, 0.1) is 12.8 Å². The summed E-state index contributed by atoms with van der Waals surface area (Å²) in [6.45, 7) is 5.71. The predicted octanol–water partition coefficient (Wildman–Crippen LogP) is 2.67. The van der Waals surface area contributed by atoms with E-state index in [4.69, 9.17) is 4.42 Å². The normalized spacial score (nSPS) is 14.5. The van der Waals surface area contributed by atoms with Gasteiger partial charge in [-0.1, -0.05) is 6.07 Å². The second kappa shape index (κ2) is 5.91. The van der Waals surface area contributed by atoms with Crippen molar-refractivity contribution >= 4 is 17.4 Å². The van der Waals surface area contributed by atoms with Gasteiger partial charge < -0.3 is 20.2 Å². The molecule has 1 unspecified atom stereocenters. The lowest BCUT2D eigenvalue weighted by Gasteiger charge is -2.27. The maximum Gasteiger partial charge on any atom is 0.315 e. The van der Waals surface area contributed by atoms with Gasteiger partial charge in [0.15, 0.2) is 5.60 Å². The first-order chi connectivity index (χ1) is 9.81. The van der Waals surface area contributed by atoms with Crippen molar-refractivity contribution in [2.75, 3.05) is 6.54 Å². The van der Waals surface area contributed by atoms with Gasteiger partial charge in [-0.25, -0.2) is 4.79 Å². The number of carbonyl (C=O) groups excluding carboxylic acids is 1. The van der Waals surface area contributed by atoms with Crippen LogP contribution in [0.15, 0.2) is 40.3 Å². The van der Waals surface area contributed by atoms with Gasteiger partial charge in [0.25, 0.3) is 0 Å². The summed E-state index contributed by atoms with van der Waals surface area (Å²) in [4.78, 5) is 12.6. The molecule has 0 bridgehead atoms. The van der Waals surface area contributed by atoms with E-state index in [9.17, 15) is 9.90 Å². The average Bonchev–Trinajstić information content (AvgIpc) is 3.06. The SMILES string of the molecule is CC(C)(C)NC(=O)NCC(O)(c1ccco1)c1cccs1. The van der Waals surface area contributed by atoms with Crippen molar-refractivity contribution in [3.8, 4) is 0 Å². The predicted molar refractivity (Wildman–Crippen MR) is 82.3 cm³/mol. The van der Waals surface area contributed by atoms with Crippen LogP contribution in [0.1, 0.15) is 31.4 Å². The Hall–Kier alpha value is -1.79. The number of rotatable bonds is 4. The lowest BCUT2D eigenvalue weighted by atomic mass is 9.98. The van der Waals surface area contributed by atoms with E-state index in [1.165, 1.54) is 17.6 Å². The average molecular weight is 308 g/mol. The fraction of sp³-hybridized carbons (Fsp3) is 0.400. The Balaban J connectivity index is 2.14. The Morgan fingerprint density at radius 3 is 2.62 bits per heavy atom. The smallest absolute Gasteiger partial charge is 0.315 e. The van der Waals surface area contributed by atoms with Crippen molar-refractivity contribution in [2.24, 2.45) is 0 Å². The highest BCUT2D eigenvalue weighted by Crippen LogP contribution is 2.32. The molecule has 0 aromatic carbocycles. The lowest BCUT2D eigenvalue weighted by molar-refractivity contribution is 0.0620. The summed E-state index contributed by atoms with van der Waals surface area (Å²) in [5.41, 5.74) is -1.71. The molecule has 0 aliphatic rings. The minimum Gasteiger partial charge on any atom is -0.466 e. The molecule has 0 spiro atoms. The van der Waals surface area contributed by atoms with Crippen LogP contribution in [0.4, 0.5) is 4.79 Å². The summed E-state index contributed by atoms with van der Waals surface area (Å²) in [5, 5.41) is 18.3. The molecular weight excluding hydrogens is 288 g/mol. The highest BCUT2D eigenvalue weighted by Gasteiger charge is 2.36. The molecule has 6 heteroatoms. The van der Waals surface area contributed by atoms with Gasteiger partial charge in [-0.15, -0.1) is 11.3 Å². The standard InChI is InChI=1S/C15H20N2O3S/c1-14(2,3)17-13(18)16-10-15(19,11-6-4-8-20-11)12-7-5-9-21-12/h4-9,19H,10H2,1-3H3,(H2,16,17,18). The zero-order valence-corrected chi connectivity index (χ0v) is 13.2. The Labute approximate surface area is 128 Å². The Morgan fingerprint density at radius 1 is 1.33 bits per heavy atom. The van der Waals surface area contributed by atoms with Crippen LogP contribution in [0, 0.1) is 0 Å². The second-order valence-corrected chi connectivity index (χ2v) is 6.82. The fourth-order valence-corrected chi connectivity index (χ4v) is 2.75. The van der Waals surface area contributed by atoms with Gasteiger partial charge in [0.1, 0.15) is 5.76 Å². The van der Waals surface area contributed by atoms with Crippen molar-refractivity contribution in [2.45, 2.75) is 31.9 Å². The molecule has 5 nitrogen and oxygen atoms in total. The molecule has 0 fully saturated rings. The number of aliphatic hydroxyl groups is 1. The summed E-state index contributed by atoms with van der Waals surface area (Å²) in [6, 6.07) is 6.75. The summed E-state index contributed by atoms with van der Waals surface area (Å²) in [7, 11) is 0. The van der Waals surface area contributed by atoms with Crippen molar-refractivity contribution in [3.05, 3.63) is 46.5 Å². The van der Waals surface area contributed by atoms with Crippen LogP contribution in [0.5, 0.6) is 0 Å². The molecule has 2 aromatic heterocycles. The van der Waals surface area contributed by atoms with E-state index in [2.05, 4.69) is 10.6 Å². The molecule has 0 radical (unpaired) electrons. The quantitative estimate of drug-likeness (QED) is 0.813. The number of urea groups is 1. The number of nitrogens with one attached hydrogen (secondary N) is 2. The van der Waals surface area contributed by atoms with Gasteiger partial charge in [0, 0.05) is 10.4 Å². The van der Waals surface area contributed by atoms with Gasteiger partial charge in [-0.3, -0.25) is 0 Å². The summed E-state index contributed by atoms with van der Waals surface area (Å²) >= 11 is 1.41. The van der Waals surface area contributed by atoms with Crippen LogP contribution in [0.25, 0.3) is 0 Å². The van der Waals surface area contributed by atoms with E-state index in [0.29, 0.717) is 10.6 Å². The van der Waals surface area contributed by atoms with Crippen LogP contribution in [0.3, 0.4) is 0 Å². The molecule has 21 heavy (non-hydrogen) atoms. The maximum absolute atomic E-state index is 11.9. The molecule has 0 saturated carbocycles. The zero-order chi connectivity index (χ0) is 15.5. The van der Waals surface area contributed by atoms with E-state index >= 15 is 0 Å². The summed E-state index contributed by atoms with van der Waals surface area (Å²) in [6.07, 6.45) is 1.50. The Bertz CT molecular complexity index is 536. The van der Waals surface area contributed by atoms with E-state index < -0.39 is 5.60 Å². The molecule has 0 aliphatic carbocycles. The summed E-state index contributed by atoms with van der Waals surface area (Å²) < 4.78 is 5.34. The van der Waals surface area contributed by atoms with Crippen LogP contribution < -0.4 is 10.6 Å². The van der Waals surface area contributed by atoms with Gasteiger partial charge in [-0.05, 0) is 44.4 Å². The first kappa shape index (κ1) is 15.6. The van der Waals surface area contributed by atoms with Crippen LogP contribution in [-0.4, -0.2) is 23.2 Å². The largest absolute Gasteiger partial charge is 0.466 e. The molecule has 2 heterocycles. The highest BCUT2D eigenvalue weighted by molar-refractivity contribution is 7.10. The molecule has 2 amide bonds. The van der Waals surface area contributed by atoms with E-state index in [0.717, 1.165) is 0 Å². The number of amides is 2. The maximum atomic E-state index is 11.9. The van der Waals surface area contributed by atoms with Crippen molar-refractivity contribution < 1.29 is 14.3 Å². The third-order valence-electron chi connectivity index (χ3n) is 2.85. The van der Waals surface area contributed by atoms with Crippen LogP contribution in [-0.2, 0) is 5.60 Å². The van der Waals surface area contributed by atoms with E-state index in [-0.39, 0.29) is 18.1 Å². The topological polar surface area (TPSA) is 74.5 Å². The monoisotopic (exact) mass is 308 g/mol. The molecule has 2 aromatic rings. The first-order valence-corrected chi connectivity index (χ1v) is 7.55. The van der Waals surface area contributed by atoms with Crippen molar-refractivity contribution in [3.63, 3.8) is 0 Å². The van der Waals surface area contributed by atoms with Gasteiger partial charge in [0.2, 0.25) is 0 Å². The molecule has 0 aliphatic heterocycles. The number of hydrogen-bond donors (Lipinski definition) is 3. The number of carbonyl (C=O) groups is 1. The van der Waals surface area contributed by atoms with Gasteiger partial charge >= 0.3 is 6.03 Å². The molecule has 1 atom stereocenters. The number of thiophene rings is 1. The number of hydrogen-bond acceptors (Lipinski definition) is 4. The third-order valence-corrected chi connectivity index (χ3v) is 3.87. The summed E-state index contributed by atoms with van der Waals surface area (Å²) in [5.74, 6) is 0.404. The minimum atomic E-state index is -1.37.